The predicted molar refractivity (Wildman–Crippen MR) is 85.1 cm³/mol. The highest BCUT2D eigenvalue weighted by molar-refractivity contribution is 9.10. The van der Waals surface area contributed by atoms with Gasteiger partial charge in [-0.1, -0.05) is 35.7 Å². The van der Waals surface area contributed by atoms with Gasteiger partial charge in [-0.3, -0.25) is 0 Å². The van der Waals surface area contributed by atoms with Crippen molar-refractivity contribution in [1.29, 1.82) is 0 Å². The van der Waals surface area contributed by atoms with Crippen molar-refractivity contribution in [2.45, 2.75) is 51.2 Å². The molecule has 0 radical (unpaired) electrons. The fourth-order valence-corrected chi connectivity index (χ4v) is 2.96. The maximum Gasteiger partial charge on any atom is 0.119 e. The van der Waals surface area contributed by atoms with Gasteiger partial charge in [0.25, 0.3) is 0 Å². The summed E-state index contributed by atoms with van der Waals surface area (Å²) in [5.74, 6) is 0.835. The third kappa shape index (κ3) is 4.47. The minimum Gasteiger partial charge on any atom is -0.491 e. The predicted octanol–water partition coefficient (Wildman–Crippen LogP) is 3.63. The summed E-state index contributed by atoms with van der Waals surface area (Å²) in [5.41, 5.74) is 0.572. The van der Waals surface area contributed by atoms with E-state index in [1.165, 1.54) is 5.56 Å². The highest BCUT2D eigenvalue weighted by Crippen LogP contribution is 2.30. The van der Waals surface area contributed by atoms with Crippen molar-refractivity contribution in [3.63, 3.8) is 0 Å². The van der Waals surface area contributed by atoms with Gasteiger partial charge in [0.2, 0.25) is 0 Å². The van der Waals surface area contributed by atoms with Crippen molar-refractivity contribution in [3.05, 3.63) is 28.2 Å². The van der Waals surface area contributed by atoms with Gasteiger partial charge >= 0.3 is 0 Å². The number of hydrogen-bond donors (Lipinski definition) is 2. The normalized spacial score (nSPS) is 17.4. The smallest absolute Gasteiger partial charge is 0.119 e. The molecule has 1 aromatic carbocycles. The molecule has 112 valence electrons. The zero-order valence-corrected chi connectivity index (χ0v) is 13.7. The summed E-state index contributed by atoms with van der Waals surface area (Å²) in [6.07, 6.45) is 5.04. The van der Waals surface area contributed by atoms with Crippen molar-refractivity contribution < 1.29 is 9.84 Å². The lowest BCUT2D eigenvalue weighted by atomic mass is 10.0. The Balaban J connectivity index is 1.92. The fourth-order valence-electron chi connectivity index (χ4n) is 2.57. The molecule has 2 rings (SSSR count). The van der Waals surface area contributed by atoms with E-state index in [4.69, 9.17) is 4.74 Å². The van der Waals surface area contributed by atoms with Crippen LogP contribution in [0.5, 0.6) is 5.75 Å². The average molecular weight is 342 g/mol. The fraction of sp³-hybridized carbons (Fsp3) is 0.625. The van der Waals surface area contributed by atoms with Crippen LogP contribution in [-0.2, 0) is 6.54 Å². The summed E-state index contributed by atoms with van der Waals surface area (Å²) < 4.78 is 6.89. The highest BCUT2D eigenvalue weighted by Gasteiger charge is 2.31. The molecule has 1 fully saturated rings. The summed E-state index contributed by atoms with van der Waals surface area (Å²) in [4.78, 5) is 0. The van der Waals surface area contributed by atoms with Crippen LogP contribution < -0.4 is 10.1 Å². The first-order valence-electron chi connectivity index (χ1n) is 7.47. The van der Waals surface area contributed by atoms with Crippen LogP contribution in [0.4, 0.5) is 0 Å². The Morgan fingerprint density at radius 1 is 1.35 bits per heavy atom. The minimum absolute atomic E-state index is 0.399. The topological polar surface area (TPSA) is 41.5 Å². The third-order valence-corrected chi connectivity index (χ3v) is 4.57. The monoisotopic (exact) mass is 341 g/mol. The molecule has 0 aromatic heterocycles. The van der Waals surface area contributed by atoms with Gasteiger partial charge in [0, 0.05) is 11.0 Å². The number of rotatable bonds is 7. The number of hydrogen-bond acceptors (Lipinski definition) is 3. The number of aliphatic hydroxyl groups is 1. The Hall–Kier alpha value is -0.580. The standard InChI is InChI=1S/C16H24BrNO2/c1-2-9-18-11-13-10-14(5-6-15(13)17)20-12-16(19)7-3-4-8-16/h5-6,10,18-19H,2-4,7-9,11-12H2,1H3. The molecule has 1 aliphatic rings. The molecule has 0 aliphatic heterocycles. The van der Waals surface area contributed by atoms with E-state index in [0.29, 0.717) is 6.61 Å². The Morgan fingerprint density at radius 2 is 2.10 bits per heavy atom. The molecular weight excluding hydrogens is 318 g/mol. The van der Waals surface area contributed by atoms with E-state index in [0.717, 1.165) is 55.4 Å². The van der Waals surface area contributed by atoms with E-state index in [9.17, 15) is 5.11 Å². The van der Waals surface area contributed by atoms with Gasteiger partial charge in [0.15, 0.2) is 0 Å². The molecule has 3 nitrogen and oxygen atoms in total. The molecule has 0 bridgehead atoms. The molecule has 0 spiro atoms. The summed E-state index contributed by atoms with van der Waals surface area (Å²) in [5, 5.41) is 13.7. The van der Waals surface area contributed by atoms with Crippen molar-refractivity contribution in [2.75, 3.05) is 13.2 Å². The van der Waals surface area contributed by atoms with Gasteiger partial charge in [-0.2, -0.15) is 0 Å². The van der Waals surface area contributed by atoms with Gasteiger partial charge in [-0.25, -0.2) is 0 Å². The number of nitrogens with one attached hydrogen (secondary N) is 1. The first kappa shape index (κ1) is 15.8. The lowest BCUT2D eigenvalue weighted by molar-refractivity contribution is 0.00138. The number of benzene rings is 1. The van der Waals surface area contributed by atoms with E-state index in [1.54, 1.807) is 0 Å². The zero-order chi connectivity index (χ0) is 14.4. The molecule has 1 saturated carbocycles. The van der Waals surface area contributed by atoms with Crippen molar-refractivity contribution in [1.82, 2.24) is 5.32 Å². The van der Waals surface area contributed by atoms with Crippen LogP contribution in [0.25, 0.3) is 0 Å². The van der Waals surface area contributed by atoms with Gasteiger partial charge in [0.1, 0.15) is 12.4 Å². The Labute approximate surface area is 129 Å². The second kappa shape index (κ2) is 7.43. The largest absolute Gasteiger partial charge is 0.491 e. The summed E-state index contributed by atoms with van der Waals surface area (Å²) in [6.45, 7) is 4.40. The van der Waals surface area contributed by atoms with Crippen molar-refractivity contribution in [2.24, 2.45) is 0 Å². The first-order valence-corrected chi connectivity index (χ1v) is 8.26. The molecule has 20 heavy (non-hydrogen) atoms. The van der Waals surface area contributed by atoms with E-state index in [1.807, 2.05) is 18.2 Å². The van der Waals surface area contributed by atoms with Crippen LogP contribution in [0.1, 0.15) is 44.6 Å². The second-order valence-corrected chi connectivity index (χ2v) is 6.50. The highest BCUT2D eigenvalue weighted by atomic mass is 79.9. The molecule has 0 unspecified atom stereocenters. The van der Waals surface area contributed by atoms with Gasteiger partial charge in [-0.15, -0.1) is 0 Å². The molecule has 4 heteroatoms. The summed E-state index contributed by atoms with van der Waals surface area (Å²) >= 11 is 3.57. The van der Waals surface area contributed by atoms with E-state index >= 15 is 0 Å². The first-order chi connectivity index (χ1) is 9.63. The zero-order valence-electron chi connectivity index (χ0n) is 12.1. The third-order valence-electron chi connectivity index (χ3n) is 3.80. The lowest BCUT2D eigenvalue weighted by Crippen LogP contribution is -2.32. The Bertz CT molecular complexity index is 430. The van der Waals surface area contributed by atoms with E-state index in [-0.39, 0.29) is 0 Å². The molecule has 2 N–H and O–H groups in total. The minimum atomic E-state index is -0.617. The van der Waals surface area contributed by atoms with Crippen LogP contribution in [0.2, 0.25) is 0 Å². The number of halogens is 1. The van der Waals surface area contributed by atoms with Gasteiger partial charge < -0.3 is 15.2 Å². The molecule has 1 aromatic rings. The summed E-state index contributed by atoms with van der Waals surface area (Å²) in [6, 6.07) is 6.01. The SMILES string of the molecule is CCCNCc1cc(OCC2(O)CCCC2)ccc1Br. The second-order valence-electron chi connectivity index (χ2n) is 5.65. The molecule has 0 saturated heterocycles. The number of ether oxygens (including phenoxy) is 1. The van der Waals surface area contributed by atoms with E-state index in [2.05, 4.69) is 28.2 Å². The maximum atomic E-state index is 10.3. The van der Waals surface area contributed by atoms with Crippen molar-refractivity contribution in [3.8, 4) is 5.75 Å². The van der Waals surface area contributed by atoms with Crippen LogP contribution >= 0.6 is 15.9 Å². The quantitative estimate of drug-likeness (QED) is 0.744. The van der Waals surface area contributed by atoms with Gasteiger partial charge in [-0.05, 0) is 49.6 Å². The molecule has 0 atom stereocenters. The van der Waals surface area contributed by atoms with Crippen molar-refractivity contribution >= 4 is 15.9 Å². The molecule has 1 aliphatic carbocycles. The molecular formula is C16H24BrNO2. The molecule has 0 amide bonds. The van der Waals surface area contributed by atoms with Gasteiger partial charge in [0.05, 0.1) is 5.60 Å². The maximum absolute atomic E-state index is 10.3. The molecule has 0 heterocycles. The van der Waals surface area contributed by atoms with Crippen LogP contribution in [0.15, 0.2) is 22.7 Å². The summed E-state index contributed by atoms with van der Waals surface area (Å²) in [7, 11) is 0. The van der Waals surface area contributed by atoms with Crippen LogP contribution in [0, 0.1) is 0 Å². The van der Waals surface area contributed by atoms with Crippen LogP contribution in [-0.4, -0.2) is 23.9 Å². The average Bonchev–Trinajstić information content (AvgIpc) is 2.87. The lowest BCUT2D eigenvalue weighted by Gasteiger charge is -2.22. The Kier molecular flexibility index (Phi) is 5.87. The van der Waals surface area contributed by atoms with E-state index < -0.39 is 5.60 Å². The van der Waals surface area contributed by atoms with Crippen LogP contribution in [0.3, 0.4) is 0 Å². The Morgan fingerprint density at radius 3 is 2.80 bits per heavy atom.